The number of hydrogen-bond donors (Lipinski definition) is 0. The zero-order chi connectivity index (χ0) is 15.1. The lowest BCUT2D eigenvalue weighted by Crippen LogP contribution is -2.35. The van der Waals surface area contributed by atoms with Crippen molar-refractivity contribution in [2.24, 2.45) is 0 Å². The third-order valence-corrected chi connectivity index (χ3v) is 4.90. The van der Waals surface area contributed by atoms with Gasteiger partial charge >= 0.3 is 8.56 Å². The second-order valence-corrected chi connectivity index (χ2v) is 9.05. The highest BCUT2D eigenvalue weighted by Crippen LogP contribution is 2.10. The maximum atomic E-state index is 5.90. The van der Waals surface area contributed by atoms with Crippen molar-refractivity contribution in [1.29, 1.82) is 0 Å². The summed E-state index contributed by atoms with van der Waals surface area (Å²) in [7, 11) is -1.83. The molecule has 0 saturated heterocycles. The molecular weight excluding hydrogens is 264 g/mol. The standard InChI is InChI=1S/C17H34O2Si/c1-5-7-8-9-10-11-12-13-14-15-17-19-20(3,4)18-16-6-2/h5-6,9-17H2,1-4H3. The van der Waals surface area contributed by atoms with Gasteiger partial charge in [-0.3, -0.25) is 0 Å². The number of hydrogen-bond acceptors (Lipinski definition) is 2. The van der Waals surface area contributed by atoms with Gasteiger partial charge in [0.05, 0.1) is 0 Å². The van der Waals surface area contributed by atoms with Gasteiger partial charge in [-0.25, -0.2) is 0 Å². The first-order valence-electron chi connectivity index (χ1n) is 8.36. The van der Waals surface area contributed by atoms with Gasteiger partial charge in [0.15, 0.2) is 0 Å². The molecule has 0 bridgehead atoms. The van der Waals surface area contributed by atoms with Crippen molar-refractivity contribution in [2.45, 2.75) is 84.7 Å². The first kappa shape index (κ1) is 19.7. The first-order valence-corrected chi connectivity index (χ1v) is 11.2. The molecule has 2 nitrogen and oxygen atoms in total. The van der Waals surface area contributed by atoms with Gasteiger partial charge in [0.1, 0.15) is 0 Å². The molecule has 118 valence electrons. The van der Waals surface area contributed by atoms with E-state index < -0.39 is 8.56 Å². The Morgan fingerprint density at radius 1 is 0.750 bits per heavy atom. The Balaban J connectivity index is 3.28. The minimum absolute atomic E-state index is 0.833. The van der Waals surface area contributed by atoms with Crippen molar-refractivity contribution >= 4 is 8.56 Å². The van der Waals surface area contributed by atoms with Gasteiger partial charge in [-0.2, -0.15) is 0 Å². The highest BCUT2D eigenvalue weighted by molar-refractivity contribution is 6.64. The molecule has 0 spiro atoms. The summed E-state index contributed by atoms with van der Waals surface area (Å²) in [6.07, 6.45) is 10.8. The first-order chi connectivity index (χ1) is 9.62. The Morgan fingerprint density at radius 3 is 2.00 bits per heavy atom. The van der Waals surface area contributed by atoms with E-state index >= 15 is 0 Å². The van der Waals surface area contributed by atoms with E-state index in [0.717, 1.165) is 32.5 Å². The van der Waals surface area contributed by atoms with Crippen molar-refractivity contribution in [3.8, 4) is 11.8 Å². The van der Waals surface area contributed by atoms with Crippen LogP contribution in [0.4, 0.5) is 0 Å². The molecule has 0 unspecified atom stereocenters. The molecule has 20 heavy (non-hydrogen) atoms. The van der Waals surface area contributed by atoms with Crippen molar-refractivity contribution in [2.75, 3.05) is 13.2 Å². The topological polar surface area (TPSA) is 18.5 Å². The van der Waals surface area contributed by atoms with Crippen LogP contribution in [-0.2, 0) is 8.85 Å². The summed E-state index contributed by atoms with van der Waals surface area (Å²) in [5.41, 5.74) is 0. The van der Waals surface area contributed by atoms with E-state index in [-0.39, 0.29) is 0 Å². The van der Waals surface area contributed by atoms with E-state index in [4.69, 9.17) is 8.85 Å². The summed E-state index contributed by atoms with van der Waals surface area (Å²) in [5.74, 6) is 6.32. The minimum Gasteiger partial charge on any atom is -0.395 e. The van der Waals surface area contributed by atoms with E-state index in [1.165, 1.54) is 38.5 Å². The molecule has 3 heteroatoms. The lowest BCUT2D eigenvalue weighted by molar-refractivity contribution is 0.176. The molecule has 0 aliphatic carbocycles. The summed E-state index contributed by atoms with van der Waals surface area (Å²) in [6.45, 7) is 10.2. The molecular formula is C17H34O2Si. The summed E-state index contributed by atoms with van der Waals surface area (Å²) in [5, 5.41) is 0. The van der Waals surface area contributed by atoms with Crippen molar-refractivity contribution < 1.29 is 8.85 Å². The monoisotopic (exact) mass is 298 g/mol. The molecule has 0 heterocycles. The van der Waals surface area contributed by atoms with E-state index in [1.807, 2.05) is 0 Å². The van der Waals surface area contributed by atoms with Gasteiger partial charge < -0.3 is 8.85 Å². The van der Waals surface area contributed by atoms with Crippen LogP contribution in [0, 0.1) is 11.8 Å². The lowest BCUT2D eigenvalue weighted by Gasteiger charge is -2.22. The molecule has 0 aliphatic heterocycles. The fourth-order valence-corrected chi connectivity index (χ4v) is 3.36. The largest absolute Gasteiger partial charge is 0.395 e. The van der Waals surface area contributed by atoms with Crippen molar-refractivity contribution in [1.82, 2.24) is 0 Å². The second kappa shape index (κ2) is 13.7. The maximum Gasteiger partial charge on any atom is 0.331 e. The van der Waals surface area contributed by atoms with Crippen molar-refractivity contribution in [3.63, 3.8) is 0 Å². The molecule has 0 fully saturated rings. The molecule has 0 aromatic carbocycles. The Labute approximate surface area is 127 Å². The van der Waals surface area contributed by atoms with Crippen LogP contribution in [0.25, 0.3) is 0 Å². The predicted octanol–water partition coefficient (Wildman–Crippen LogP) is 5.28. The predicted molar refractivity (Wildman–Crippen MR) is 90.1 cm³/mol. The van der Waals surface area contributed by atoms with Crippen LogP contribution in [-0.4, -0.2) is 21.8 Å². The van der Waals surface area contributed by atoms with E-state index in [0.29, 0.717) is 0 Å². The molecule has 0 aromatic heterocycles. The molecule has 0 N–H and O–H groups in total. The Hall–Kier alpha value is -0.303. The van der Waals surface area contributed by atoms with Gasteiger partial charge in [-0.05, 0) is 32.4 Å². The molecule has 0 aromatic rings. The van der Waals surface area contributed by atoms with Gasteiger partial charge in [0, 0.05) is 26.1 Å². The lowest BCUT2D eigenvalue weighted by atomic mass is 10.1. The maximum absolute atomic E-state index is 5.90. The quantitative estimate of drug-likeness (QED) is 0.277. The number of unbranched alkanes of at least 4 members (excludes halogenated alkanes) is 6. The van der Waals surface area contributed by atoms with Crippen LogP contribution in [0.3, 0.4) is 0 Å². The molecule has 0 aliphatic rings. The van der Waals surface area contributed by atoms with Gasteiger partial charge in [-0.1, -0.05) is 39.5 Å². The van der Waals surface area contributed by atoms with Crippen LogP contribution in [0.1, 0.15) is 71.6 Å². The van der Waals surface area contributed by atoms with Gasteiger partial charge in [0.2, 0.25) is 0 Å². The average molecular weight is 299 g/mol. The van der Waals surface area contributed by atoms with Crippen LogP contribution in [0.5, 0.6) is 0 Å². The van der Waals surface area contributed by atoms with Gasteiger partial charge in [-0.15, -0.1) is 11.8 Å². The third-order valence-electron chi connectivity index (χ3n) is 3.10. The van der Waals surface area contributed by atoms with Gasteiger partial charge in [0.25, 0.3) is 0 Å². The molecule has 0 atom stereocenters. The van der Waals surface area contributed by atoms with Crippen LogP contribution in [0.15, 0.2) is 0 Å². The Bertz CT molecular complexity index is 266. The molecule has 0 radical (unpaired) electrons. The zero-order valence-electron chi connectivity index (χ0n) is 14.1. The third kappa shape index (κ3) is 14.1. The number of rotatable bonds is 12. The normalized spacial score (nSPS) is 11.2. The fourth-order valence-electron chi connectivity index (χ4n) is 1.94. The molecule has 0 rings (SSSR count). The SMILES string of the molecule is CCC#CCCCCCCCCO[Si](C)(C)OCCC. The van der Waals surface area contributed by atoms with Crippen LogP contribution in [0.2, 0.25) is 13.1 Å². The summed E-state index contributed by atoms with van der Waals surface area (Å²) in [6, 6.07) is 0. The minimum atomic E-state index is -1.83. The summed E-state index contributed by atoms with van der Waals surface area (Å²) >= 11 is 0. The van der Waals surface area contributed by atoms with Crippen LogP contribution < -0.4 is 0 Å². The zero-order valence-corrected chi connectivity index (χ0v) is 15.1. The second-order valence-electron chi connectivity index (χ2n) is 5.68. The smallest absolute Gasteiger partial charge is 0.331 e. The summed E-state index contributed by atoms with van der Waals surface area (Å²) in [4.78, 5) is 0. The molecule has 0 saturated carbocycles. The van der Waals surface area contributed by atoms with Crippen LogP contribution >= 0.6 is 0 Å². The average Bonchev–Trinajstić information content (AvgIpc) is 2.42. The fraction of sp³-hybridized carbons (Fsp3) is 0.882. The van der Waals surface area contributed by atoms with E-state index in [1.54, 1.807) is 0 Å². The molecule has 0 amide bonds. The van der Waals surface area contributed by atoms with Crippen molar-refractivity contribution in [3.05, 3.63) is 0 Å². The highest BCUT2D eigenvalue weighted by atomic mass is 28.4. The van der Waals surface area contributed by atoms with E-state index in [9.17, 15) is 0 Å². The van der Waals surface area contributed by atoms with E-state index in [2.05, 4.69) is 38.8 Å². The highest BCUT2D eigenvalue weighted by Gasteiger charge is 2.23. The Morgan fingerprint density at radius 2 is 1.35 bits per heavy atom. The summed E-state index contributed by atoms with van der Waals surface area (Å²) < 4.78 is 11.7. The Kier molecular flexibility index (Phi) is 13.5.